The Morgan fingerprint density at radius 2 is 1.52 bits per heavy atom. The molecule has 0 spiro atoms. The van der Waals surface area contributed by atoms with Gasteiger partial charge in [0.25, 0.3) is 0 Å². The van der Waals surface area contributed by atoms with Crippen LogP contribution in [0.15, 0.2) is 6.07 Å². The molecular formula is C15H22Cl2F4N2. The first-order chi connectivity index (χ1) is 9.97. The topological polar surface area (TPSA) is 15.3 Å². The van der Waals surface area contributed by atoms with Crippen LogP contribution in [0.4, 0.5) is 17.6 Å². The van der Waals surface area contributed by atoms with Gasteiger partial charge in [-0.25, -0.2) is 17.6 Å². The lowest BCUT2D eigenvalue weighted by Crippen LogP contribution is -2.47. The number of hydrogen-bond donors (Lipinski definition) is 1. The van der Waals surface area contributed by atoms with E-state index in [1.165, 1.54) is 0 Å². The average molecular weight is 377 g/mol. The van der Waals surface area contributed by atoms with Crippen LogP contribution in [-0.2, 0) is 0 Å². The number of benzene rings is 1. The standard InChI is InChI=1S/C15H20F4N2.2ClH/c1-3-9(2)15(21-6-4-20-5-7-21)12-13(18)10(16)8-11(17)14(12)19;;/h8-9,15,20H,3-7H2,1-2H3;2*1H/t9?,15-;;/m1../s1. The Hall–Kier alpha value is -0.560. The molecule has 1 aliphatic rings. The van der Waals surface area contributed by atoms with Gasteiger partial charge < -0.3 is 5.32 Å². The number of rotatable bonds is 4. The van der Waals surface area contributed by atoms with E-state index >= 15 is 0 Å². The first-order valence-corrected chi connectivity index (χ1v) is 7.25. The van der Waals surface area contributed by atoms with Crippen LogP contribution in [0.3, 0.4) is 0 Å². The van der Waals surface area contributed by atoms with Crippen molar-refractivity contribution >= 4 is 24.8 Å². The monoisotopic (exact) mass is 376 g/mol. The van der Waals surface area contributed by atoms with Gasteiger partial charge >= 0.3 is 0 Å². The fourth-order valence-electron chi connectivity index (χ4n) is 2.86. The first kappa shape index (κ1) is 22.4. The van der Waals surface area contributed by atoms with E-state index < -0.39 is 34.9 Å². The van der Waals surface area contributed by atoms with E-state index in [1.807, 2.05) is 18.7 Å². The van der Waals surface area contributed by atoms with E-state index in [-0.39, 0.29) is 36.8 Å². The van der Waals surface area contributed by atoms with Gasteiger partial charge in [-0.3, -0.25) is 4.90 Å². The number of nitrogens with one attached hydrogen (secondary N) is 1. The predicted octanol–water partition coefficient (Wildman–Crippen LogP) is 4.08. The average Bonchev–Trinajstić information content (AvgIpc) is 2.49. The van der Waals surface area contributed by atoms with Gasteiger partial charge in [-0.15, -0.1) is 24.8 Å². The maximum atomic E-state index is 14.1. The van der Waals surface area contributed by atoms with E-state index in [0.717, 1.165) is 0 Å². The molecule has 0 saturated carbocycles. The lowest BCUT2D eigenvalue weighted by molar-refractivity contribution is 0.120. The number of hydrogen-bond acceptors (Lipinski definition) is 2. The van der Waals surface area contributed by atoms with Crippen LogP contribution in [0.5, 0.6) is 0 Å². The summed E-state index contributed by atoms with van der Waals surface area (Å²) in [4.78, 5) is 1.89. The van der Waals surface area contributed by atoms with E-state index in [2.05, 4.69) is 5.32 Å². The van der Waals surface area contributed by atoms with Crippen molar-refractivity contribution < 1.29 is 17.6 Å². The maximum absolute atomic E-state index is 14.1. The highest BCUT2D eigenvalue weighted by Gasteiger charge is 2.33. The summed E-state index contributed by atoms with van der Waals surface area (Å²) in [5.74, 6) is -5.36. The van der Waals surface area contributed by atoms with Gasteiger partial charge in [0.05, 0.1) is 0 Å². The zero-order chi connectivity index (χ0) is 15.6. The van der Waals surface area contributed by atoms with E-state index in [0.29, 0.717) is 32.6 Å². The van der Waals surface area contributed by atoms with Gasteiger partial charge in [0, 0.05) is 43.9 Å². The van der Waals surface area contributed by atoms with E-state index in [9.17, 15) is 17.6 Å². The summed E-state index contributed by atoms with van der Waals surface area (Å²) in [6.07, 6.45) is 0.658. The third-order valence-corrected chi connectivity index (χ3v) is 4.17. The van der Waals surface area contributed by atoms with Crippen molar-refractivity contribution in [3.63, 3.8) is 0 Å². The molecule has 1 aromatic rings. The fourth-order valence-corrected chi connectivity index (χ4v) is 2.86. The maximum Gasteiger partial charge on any atom is 0.166 e. The zero-order valence-corrected chi connectivity index (χ0v) is 14.7. The third kappa shape index (κ3) is 4.72. The normalized spacial score (nSPS) is 17.8. The molecule has 23 heavy (non-hydrogen) atoms. The molecule has 0 aliphatic carbocycles. The Labute approximate surface area is 146 Å². The molecule has 1 heterocycles. The molecule has 1 aliphatic heterocycles. The summed E-state index contributed by atoms with van der Waals surface area (Å²) in [6.45, 7) is 6.29. The molecule has 1 aromatic carbocycles. The molecule has 134 valence electrons. The molecule has 1 saturated heterocycles. The van der Waals surface area contributed by atoms with Gasteiger partial charge in [-0.2, -0.15) is 0 Å². The Morgan fingerprint density at radius 3 is 1.96 bits per heavy atom. The molecule has 2 nitrogen and oxygen atoms in total. The summed E-state index contributed by atoms with van der Waals surface area (Å²) in [5, 5.41) is 3.15. The smallest absolute Gasteiger partial charge is 0.166 e. The minimum Gasteiger partial charge on any atom is -0.314 e. The lowest BCUT2D eigenvalue weighted by Gasteiger charge is -2.38. The zero-order valence-electron chi connectivity index (χ0n) is 13.0. The summed E-state index contributed by atoms with van der Waals surface area (Å²) < 4.78 is 55.2. The van der Waals surface area contributed by atoms with Crippen molar-refractivity contribution in [3.8, 4) is 0 Å². The Kier molecular flexibility index (Phi) is 9.43. The Bertz CT molecular complexity index is 484. The molecule has 0 radical (unpaired) electrons. The van der Waals surface area contributed by atoms with Crippen LogP contribution >= 0.6 is 24.8 Å². The highest BCUT2D eigenvalue weighted by atomic mass is 35.5. The van der Waals surface area contributed by atoms with Gasteiger partial charge in [0.15, 0.2) is 23.3 Å². The summed E-state index contributed by atoms with van der Waals surface area (Å²) in [6, 6.07) is -0.401. The minimum atomic E-state index is -1.34. The van der Waals surface area contributed by atoms with Gasteiger partial charge in [0.1, 0.15) is 0 Å². The largest absolute Gasteiger partial charge is 0.314 e. The Morgan fingerprint density at radius 1 is 1.04 bits per heavy atom. The summed E-state index contributed by atoms with van der Waals surface area (Å²) in [5.41, 5.74) is -0.483. The van der Waals surface area contributed by atoms with Crippen LogP contribution in [0.2, 0.25) is 0 Å². The molecule has 1 unspecified atom stereocenters. The van der Waals surface area contributed by atoms with E-state index in [4.69, 9.17) is 0 Å². The van der Waals surface area contributed by atoms with Crippen LogP contribution < -0.4 is 5.32 Å². The van der Waals surface area contributed by atoms with Gasteiger partial charge in [0.2, 0.25) is 0 Å². The second-order valence-corrected chi connectivity index (χ2v) is 5.50. The SMILES string of the molecule is CCC(C)[C@H](c1c(F)c(F)cc(F)c1F)N1CCNCC1.Cl.Cl. The molecular weight excluding hydrogens is 355 g/mol. The van der Waals surface area contributed by atoms with Crippen molar-refractivity contribution in [1.29, 1.82) is 0 Å². The summed E-state index contributed by atoms with van der Waals surface area (Å²) in [7, 11) is 0. The highest BCUT2D eigenvalue weighted by molar-refractivity contribution is 5.85. The van der Waals surface area contributed by atoms with Gasteiger partial charge in [-0.1, -0.05) is 20.3 Å². The van der Waals surface area contributed by atoms with Crippen molar-refractivity contribution in [2.75, 3.05) is 26.2 Å². The number of nitrogens with zero attached hydrogens (tertiary/aromatic N) is 1. The van der Waals surface area contributed by atoms with Crippen molar-refractivity contribution in [1.82, 2.24) is 10.2 Å². The number of halogens is 6. The molecule has 0 aromatic heterocycles. The lowest BCUT2D eigenvalue weighted by atomic mass is 9.89. The number of piperazine rings is 1. The first-order valence-electron chi connectivity index (χ1n) is 7.25. The van der Waals surface area contributed by atoms with E-state index in [1.54, 1.807) is 0 Å². The third-order valence-electron chi connectivity index (χ3n) is 4.17. The molecule has 0 amide bonds. The molecule has 8 heteroatoms. The molecule has 2 rings (SSSR count). The van der Waals surface area contributed by atoms with Crippen LogP contribution in [0, 0.1) is 29.2 Å². The highest BCUT2D eigenvalue weighted by Crippen LogP contribution is 2.35. The predicted molar refractivity (Wildman–Crippen MR) is 87.4 cm³/mol. The van der Waals surface area contributed by atoms with Crippen LogP contribution in [0.25, 0.3) is 0 Å². The van der Waals surface area contributed by atoms with Crippen LogP contribution in [0.1, 0.15) is 31.9 Å². The van der Waals surface area contributed by atoms with Crippen LogP contribution in [-0.4, -0.2) is 31.1 Å². The van der Waals surface area contributed by atoms with Gasteiger partial charge in [-0.05, 0) is 5.92 Å². The van der Waals surface area contributed by atoms with Crippen molar-refractivity contribution in [2.24, 2.45) is 5.92 Å². The minimum absolute atomic E-state index is 0. The summed E-state index contributed by atoms with van der Waals surface area (Å²) >= 11 is 0. The Balaban J connectivity index is 0.00000242. The molecule has 1 N–H and O–H groups in total. The quantitative estimate of drug-likeness (QED) is 0.629. The van der Waals surface area contributed by atoms with Crippen molar-refractivity contribution in [3.05, 3.63) is 34.9 Å². The second kappa shape index (κ2) is 9.67. The molecule has 2 atom stereocenters. The van der Waals surface area contributed by atoms with Crippen molar-refractivity contribution in [2.45, 2.75) is 26.3 Å². The molecule has 1 fully saturated rings. The fraction of sp³-hybridized carbons (Fsp3) is 0.600. The second-order valence-electron chi connectivity index (χ2n) is 5.50. The molecule has 0 bridgehead atoms.